The Kier molecular flexibility index (Phi) is 4.34. The van der Waals surface area contributed by atoms with Crippen LogP contribution in [0.1, 0.15) is 18.2 Å². The summed E-state index contributed by atoms with van der Waals surface area (Å²) in [5, 5.41) is 8.81. The summed E-state index contributed by atoms with van der Waals surface area (Å²) in [5.41, 5.74) is 3.46. The van der Waals surface area contributed by atoms with Crippen LogP contribution >= 0.6 is 0 Å². The van der Waals surface area contributed by atoms with E-state index in [9.17, 15) is 0 Å². The molecular formula is C17H21N5. The Morgan fingerprint density at radius 3 is 2.73 bits per heavy atom. The van der Waals surface area contributed by atoms with Gasteiger partial charge in [0.15, 0.2) is 0 Å². The van der Waals surface area contributed by atoms with Crippen molar-refractivity contribution in [1.82, 2.24) is 24.5 Å². The van der Waals surface area contributed by atoms with Gasteiger partial charge in [-0.2, -0.15) is 10.2 Å². The van der Waals surface area contributed by atoms with Crippen LogP contribution in [0.4, 0.5) is 0 Å². The van der Waals surface area contributed by atoms with Gasteiger partial charge in [-0.3, -0.25) is 9.58 Å². The maximum absolute atomic E-state index is 4.53. The lowest BCUT2D eigenvalue weighted by molar-refractivity contribution is 0.313. The van der Waals surface area contributed by atoms with E-state index >= 15 is 0 Å². The summed E-state index contributed by atoms with van der Waals surface area (Å²) < 4.78 is 3.84. The van der Waals surface area contributed by atoms with Crippen LogP contribution in [0.15, 0.2) is 55.0 Å². The van der Waals surface area contributed by atoms with Crippen LogP contribution in [0.3, 0.4) is 0 Å². The molecule has 5 nitrogen and oxygen atoms in total. The quantitative estimate of drug-likeness (QED) is 0.702. The van der Waals surface area contributed by atoms with Crippen LogP contribution in [0.2, 0.25) is 0 Å². The van der Waals surface area contributed by atoms with Gasteiger partial charge in [0.2, 0.25) is 0 Å². The lowest BCUT2D eigenvalue weighted by Crippen LogP contribution is -2.18. The Morgan fingerprint density at radius 1 is 1.09 bits per heavy atom. The minimum absolute atomic E-state index is 0.846. The molecule has 2 heterocycles. The predicted molar refractivity (Wildman–Crippen MR) is 86.6 cm³/mol. The second kappa shape index (κ2) is 6.58. The summed E-state index contributed by atoms with van der Waals surface area (Å²) in [5.74, 6) is 0. The third kappa shape index (κ3) is 3.43. The zero-order chi connectivity index (χ0) is 15.4. The minimum Gasteiger partial charge on any atom is -0.296 e. The summed E-state index contributed by atoms with van der Waals surface area (Å²) in [6.45, 7) is 4.74. The van der Waals surface area contributed by atoms with Crippen LogP contribution in [-0.2, 0) is 19.6 Å². The van der Waals surface area contributed by atoms with E-state index in [-0.39, 0.29) is 0 Å². The van der Waals surface area contributed by atoms with Crippen LogP contribution in [0.5, 0.6) is 0 Å². The first-order valence-corrected chi connectivity index (χ1v) is 7.54. The van der Waals surface area contributed by atoms with Gasteiger partial charge in [0.25, 0.3) is 0 Å². The van der Waals surface area contributed by atoms with Gasteiger partial charge in [0.1, 0.15) is 0 Å². The largest absolute Gasteiger partial charge is 0.296 e. The Labute approximate surface area is 130 Å². The zero-order valence-corrected chi connectivity index (χ0v) is 13.1. The summed E-state index contributed by atoms with van der Waals surface area (Å²) in [7, 11) is 2.12. The highest BCUT2D eigenvalue weighted by atomic mass is 15.3. The molecule has 1 aromatic carbocycles. The average Bonchev–Trinajstić information content (AvgIpc) is 3.18. The highest BCUT2D eigenvalue weighted by Crippen LogP contribution is 2.12. The lowest BCUT2D eigenvalue weighted by atomic mass is 10.2. The molecule has 0 N–H and O–H groups in total. The van der Waals surface area contributed by atoms with Crippen molar-refractivity contribution in [2.75, 3.05) is 7.05 Å². The van der Waals surface area contributed by atoms with E-state index < -0.39 is 0 Å². The molecule has 0 saturated heterocycles. The highest BCUT2D eigenvalue weighted by Gasteiger charge is 2.06. The van der Waals surface area contributed by atoms with E-state index in [0.717, 1.165) is 31.0 Å². The predicted octanol–water partition coefficient (Wildman–Crippen LogP) is 2.72. The van der Waals surface area contributed by atoms with Gasteiger partial charge in [0, 0.05) is 38.2 Å². The third-order valence-corrected chi connectivity index (χ3v) is 3.58. The molecule has 2 aromatic heterocycles. The first-order chi connectivity index (χ1) is 10.7. The molecule has 0 bridgehead atoms. The van der Waals surface area contributed by atoms with Gasteiger partial charge in [-0.25, -0.2) is 4.68 Å². The standard InChI is InChI=1S/C17H21N5/c1-3-21-11-8-16(19-21)14-20(2)13-15-6-4-7-17(12-15)22-10-5-9-18-22/h4-12H,3,13-14H2,1-2H3. The monoisotopic (exact) mass is 295 g/mol. The van der Waals surface area contributed by atoms with Gasteiger partial charge >= 0.3 is 0 Å². The lowest BCUT2D eigenvalue weighted by Gasteiger charge is -2.16. The van der Waals surface area contributed by atoms with E-state index in [0.29, 0.717) is 0 Å². The van der Waals surface area contributed by atoms with E-state index in [1.807, 2.05) is 27.8 Å². The molecular weight excluding hydrogens is 274 g/mol. The van der Waals surface area contributed by atoms with E-state index in [1.54, 1.807) is 6.20 Å². The van der Waals surface area contributed by atoms with Gasteiger partial charge in [-0.15, -0.1) is 0 Å². The first-order valence-electron chi connectivity index (χ1n) is 7.54. The van der Waals surface area contributed by atoms with Gasteiger partial charge < -0.3 is 0 Å². The molecule has 0 aliphatic carbocycles. The molecule has 3 aromatic rings. The second-order valence-electron chi connectivity index (χ2n) is 5.46. The molecule has 0 amide bonds. The molecule has 0 aliphatic rings. The van der Waals surface area contributed by atoms with Crippen LogP contribution in [-0.4, -0.2) is 31.5 Å². The molecule has 5 heteroatoms. The van der Waals surface area contributed by atoms with Crippen LogP contribution in [0, 0.1) is 0 Å². The van der Waals surface area contributed by atoms with Crippen molar-refractivity contribution in [3.8, 4) is 5.69 Å². The Balaban J connectivity index is 1.66. The summed E-state index contributed by atoms with van der Waals surface area (Å²) in [6.07, 6.45) is 5.78. The second-order valence-corrected chi connectivity index (χ2v) is 5.46. The van der Waals surface area contributed by atoms with Crippen LogP contribution < -0.4 is 0 Å². The number of nitrogens with zero attached hydrogens (tertiary/aromatic N) is 5. The molecule has 22 heavy (non-hydrogen) atoms. The number of hydrogen-bond donors (Lipinski definition) is 0. The van der Waals surface area contributed by atoms with Gasteiger partial charge in [-0.1, -0.05) is 12.1 Å². The molecule has 0 atom stereocenters. The first kappa shape index (κ1) is 14.5. The molecule has 0 fully saturated rings. The van der Waals surface area contributed by atoms with Crippen molar-refractivity contribution in [2.24, 2.45) is 0 Å². The number of aryl methyl sites for hydroxylation is 1. The third-order valence-electron chi connectivity index (χ3n) is 3.58. The Bertz CT molecular complexity index is 714. The SMILES string of the molecule is CCn1ccc(CN(C)Cc2cccc(-n3cccn3)c2)n1. The molecule has 0 spiro atoms. The molecule has 0 unspecified atom stereocenters. The summed E-state index contributed by atoms with van der Waals surface area (Å²) in [4.78, 5) is 2.27. The normalized spacial score (nSPS) is 11.2. The van der Waals surface area contributed by atoms with E-state index in [4.69, 9.17) is 0 Å². The number of benzene rings is 1. The topological polar surface area (TPSA) is 38.9 Å². The fraction of sp³-hybridized carbons (Fsp3) is 0.294. The minimum atomic E-state index is 0.846. The van der Waals surface area contributed by atoms with Gasteiger partial charge in [0.05, 0.1) is 11.4 Å². The van der Waals surface area contributed by atoms with Crippen molar-refractivity contribution >= 4 is 0 Å². The van der Waals surface area contributed by atoms with E-state index in [1.165, 1.54) is 5.56 Å². The van der Waals surface area contributed by atoms with Crippen molar-refractivity contribution in [1.29, 1.82) is 0 Å². The highest BCUT2D eigenvalue weighted by molar-refractivity contribution is 5.35. The molecule has 0 aliphatic heterocycles. The molecule has 0 radical (unpaired) electrons. The number of rotatable bonds is 6. The Morgan fingerprint density at radius 2 is 2.00 bits per heavy atom. The van der Waals surface area contributed by atoms with Crippen molar-refractivity contribution in [3.63, 3.8) is 0 Å². The summed E-state index contributed by atoms with van der Waals surface area (Å²) in [6, 6.07) is 12.5. The maximum atomic E-state index is 4.53. The molecule has 114 valence electrons. The van der Waals surface area contributed by atoms with Crippen molar-refractivity contribution in [3.05, 3.63) is 66.2 Å². The molecule has 3 rings (SSSR count). The van der Waals surface area contributed by atoms with E-state index in [2.05, 4.69) is 59.4 Å². The fourth-order valence-corrected chi connectivity index (χ4v) is 2.53. The molecule has 0 saturated carbocycles. The summed E-state index contributed by atoms with van der Waals surface area (Å²) >= 11 is 0. The number of aromatic nitrogens is 4. The van der Waals surface area contributed by atoms with Crippen LogP contribution in [0.25, 0.3) is 5.69 Å². The smallest absolute Gasteiger partial charge is 0.0764 e. The Hall–Kier alpha value is -2.40. The zero-order valence-electron chi connectivity index (χ0n) is 13.1. The number of hydrogen-bond acceptors (Lipinski definition) is 3. The fourth-order valence-electron chi connectivity index (χ4n) is 2.53. The van der Waals surface area contributed by atoms with Crippen molar-refractivity contribution in [2.45, 2.75) is 26.6 Å². The van der Waals surface area contributed by atoms with Crippen molar-refractivity contribution < 1.29 is 0 Å². The maximum Gasteiger partial charge on any atom is 0.0764 e. The van der Waals surface area contributed by atoms with Gasteiger partial charge in [-0.05, 0) is 43.8 Å². The average molecular weight is 295 g/mol.